The van der Waals surface area contributed by atoms with Crippen molar-refractivity contribution in [2.45, 2.75) is 6.92 Å². The van der Waals surface area contributed by atoms with Gasteiger partial charge in [0.1, 0.15) is 0 Å². The second-order valence-electron chi connectivity index (χ2n) is 3.27. The fraction of sp³-hybridized carbons (Fsp3) is 0.182. The van der Waals surface area contributed by atoms with Crippen LogP contribution >= 0.6 is 23.2 Å². The number of benzene rings is 1. The molecule has 94 valence electrons. The summed E-state index contributed by atoms with van der Waals surface area (Å²) in [6.45, 7) is 1.93. The van der Waals surface area contributed by atoms with E-state index in [0.29, 0.717) is 15.6 Å². The highest BCUT2D eigenvalue weighted by Gasteiger charge is 2.17. The SMILES string of the molecule is CCOC(=O)c1nc(-c2ccc(Cl)c(Cl)c2)no1. The molecule has 0 saturated heterocycles. The van der Waals surface area contributed by atoms with Gasteiger partial charge in [-0.05, 0) is 25.1 Å². The molecule has 0 amide bonds. The summed E-state index contributed by atoms with van der Waals surface area (Å²) in [5.74, 6) is -0.606. The van der Waals surface area contributed by atoms with E-state index in [0.717, 1.165) is 0 Å². The Bertz CT molecular complexity index is 583. The molecular weight excluding hydrogens is 279 g/mol. The van der Waals surface area contributed by atoms with E-state index in [2.05, 4.69) is 10.1 Å². The van der Waals surface area contributed by atoms with Crippen LogP contribution in [0.2, 0.25) is 10.0 Å². The van der Waals surface area contributed by atoms with Crippen molar-refractivity contribution in [2.75, 3.05) is 6.61 Å². The van der Waals surface area contributed by atoms with Crippen LogP contribution in [0.5, 0.6) is 0 Å². The van der Waals surface area contributed by atoms with E-state index < -0.39 is 5.97 Å². The zero-order valence-electron chi connectivity index (χ0n) is 9.31. The van der Waals surface area contributed by atoms with E-state index in [1.165, 1.54) is 0 Å². The molecule has 0 unspecified atom stereocenters. The van der Waals surface area contributed by atoms with Gasteiger partial charge in [-0.15, -0.1) is 0 Å². The van der Waals surface area contributed by atoms with E-state index in [9.17, 15) is 4.79 Å². The molecule has 0 aliphatic heterocycles. The molecule has 0 atom stereocenters. The van der Waals surface area contributed by atoms with Gasteiger partial charge in [-0.2, -0.15) is 4.98 Å². The van der Waals surface area contributed by atoms with Crippen LogP contribution < -0.4 is 0 Å². The van der Waals surface area contributed by atoms with Gasteiger partial charge >= 0.3 is 11.9 Å². The lowest BCUT2D eigenvalue weighted by Gasteiger charge is -1.97. The van der Waals surface area contributed by atoms with Crippen LogP contribution in [0.1, 0.15) is 17.6 Å². The van der Waals surface area contributed by atoms with Crippen molar-refractivity contribution >= 4 is 29.2 Å². The fourth-order valence-corrected chi connectivity index (χ4v) is 1.55. The lowest BCUT2D eigenvalue weighted by Crippen LogP contribution is -2.04. The number of hydrogen-bond acceptors (Lipinski definition) is 5. The zero-order valence-corrected chi connectivity index (χ0v) is 10.8. The summed E-state index contributed by atoms with van der Waals surface area (Å²) in [6.07, 6.45) is 0. The summed E-state index contributed by atoms with van der Waals surface area (Å²) >= 11 is 11.7. The second kappa shape index (κ2) is 5.37. The molecule has 5 nitrogen and oxygen atoms in total. The monoisotopic (exact) mass is 286 g/mol. The molecule has 0 radical (unpaired) electrons. The third-order valence-electron chi connectivity index (χ3n) is 2.05. The first-order valence-electron chi connectivity index (χ1n) is 5.08. The van der Waals surface area contributed by atoms with Gasteiger partial charge in [-0.3, -0.25) is 0 Å². The number of rotatable bonds is 3. The van der Waals surface area contributed by atoms with Crippen molar-refractivity contribution in [1.82, 2.24) is 10.1 Å². The number of aromatic nitrogens is 2. The van der Waals surface area contributed by atoms with Gasteiger partial charge in [-0.25, -0.2) is 4.79 Å². The van der Waals surface area contributed by atoms with Crippen molar-refractivity contribution in [2.24, 2.45) is 0 Å². The summed E-state index contributed by atoms with van der Waals surface area (Å²) < 4.78 is 9.53. The van der Waals surface area contributed by atoms with E-state index >= 15 is 0 Å². The lowest BCUT2D eigenvalue weighted by molar-refractivity contribution is 0.0470. The Kier molecular flexibility index (Phi) is 3.84. The molecule has 0 aliphatic rings. The average Bonchev–Trinajstić information content (AvgIpc) is 2.82. The van der Waals surface area contributed by atoms with Crippen molar-refractivity contribution in [3.63, 3.8) is 0 Å². The highest BCUT2D eigenvalue weighted by atomic mass is 35.5. The largest absolute Gasteiger partial charge is 0.459 e. The average molecular weight is 287 g/mol. The smallest absolute Gasteiger partial charge is 0.397 e. The predicted octanol–water partition coefficient (Wildman–Crippen LogP) is 3.22. The molecule has 0 bridgehead atoms. The molecule has 2 rings (SSSR count). The molecule has 0 aliphatic carbocycles. The minimum absolute atomic E-state index is 0.196. The number of ether oxygens (including phenoxy) is 1. The molecular formula is C11H8Cl2N2O3. The summed E-state index contributed by atoms with van der Waals surface area (Å²) in [4.78, 5) is 15.3. The summed E-state index contributed by atoms with van der Waals surface area (Å²) in [5.41, 5.74) is 0.601. The highest BCUT2D eigenvalue weighted by Crippen LogP contribution is 2.27. The van der Waals surface area contributed by atoms with Gasteiger partial charge in [0.2, 0.25) is 5.82 Å². The minimum Gasteiger partial charge on any atom is -0.459 e. The molecule has 0 fully saturated rings. The third kappa shape index (κ3) is 2.63. The number of nitrogens with zero attached hydrogens (tertiary/aromatic N) is 2. The van der Waals surface area contributed by atoms with Crippen LogP contribution in [0.3, 0.4) is 0 Å². The number of esters is 1. The Hall–Kier alpha value is -1.59. The van der Waals surface area contributed by atoms with Crippen molar-refractivity contribution in [3.05, 3.63) is 34.1 Å². The van der Waals surface area contributed by atoms with E-state index in [1.807, 2.05) is 0 Å². The quantitative estimate of drug-likeness (QED) is 0.811. The summed E-state index contributed by atoms with van der Waals surface area (Å²) in [7, 11) is 0. The Morgan fingerprint density at radius 3 is 2.83 bits per heavy atom. The minimum atomic E-state index is -0.656. The van der Waals surface area contributed by atoms with Crippen LogP contribution in [-0.2, 0) is 4.74 Å². The normalized spacial score (nSPS) is 10.4. The molecule has 18 heavy (non-hydrogen) atoms. The van der Waals surface area contributed by atoms with Crippen molar-refractivity contribution in [3.8, 4) is 11.4 Å². The van der Waals surface area contributed by atoms with Crippen LogP contribution in [0.25, 0.3) is 11.4 Å². The Morgan fingerprint density at radius 2 is 2.17 bits per heavy atom. The predicted molar refractivity (Wildman–Crippen MR) is 65.7 cm³/mol. The van der Waals surface area contributed by atoms with E-state index in [-0.39, 0.29) is 18.3 Å². The Labute approximate surface area is 113 Å². The standard InChI is InChI=1S/C11H8Cl2N2O3/c1-2-17-11(16)10-14-9(15-18-10)6-3-4-7(12)8(13)5-6/h3-5H,2H2,1H3. The molecule has 7 heteroatoms. The maximum absolute atomic E-state index is 11.3. The fourth-order valence-electron chi connectivity index (χ4n) is 1.25. The number of carbonyl (C=O) groups excluding carboxylic acids is 1. The van der Waals surface area contributed by atoms with Gasteiger partial charge in [0, 0.05) is 5.56 Å². The number of hydrogen-bond donors (Lipinski definition) is 0. The van der Waals surface area contributed by atoms with Crippen LogP contribution in [-0.4, -0.2) is 22.7 Å². The second-order valence-corrected chi connectivity index (χ2v) is 4.09. The summed E-state index contributed by atoms with van der Waals surface area (Å²) in [5, 5.41) is 4.47. The molecule has 1 aromatic heterocycles. The van der Waals surface area contributed by atoms with Gasteiger partial charge in [0.25, 0.3) is 0 Å². The third-order valence-corrected chi connectivity index (χ3v) is 2.79. The van der Waals surface area contributed by atoms with Gasteiger partial charge < -0.3 is 9.26 Å². The molecule has 1 heterocycles. The lowest BCUT2D eigenvalue weighted by atomic mass is 10.2. The van der Waals surface area contributed by atoms with Crippen LogP contribution in [0.4, 0.5) is 0 Å². The van der Waals surface area contributed by atoms with Crippen LogP contribution in [0.15, 0.2) is 22.7 Å². The first-order chi connectivity index (χ1) is 8.61. The molecule has 2 aromatic rings. The van der Waals surface area contributed by atoms with Crippen molar-refractivity contribution in [1.29, 1.82) is 0 Å². The summed E-state index contributed by atoms with van der Waals surface area (Å²) in [6, 6.07) is 4.87. The van der Waals surface area contributed by atoms with Gasteiger partial charge in [0.05, 0.1) is 16.7 Å². The first kappa shape index (κ1) is 12.9. The highest BCUT2D eigenvalue weighted by molar-refractivity contribution is 6.42. The van der Waals surface area contributed by atoms with Gasteiger partial charge in [-0.1, -0.05) is 28.4 Å². The number of carbonyl (C=O) groups is 1. The van der Waals surface area contributed by atoms with Gasteiger partial charge in [0.15, 0.2) is 0 Å². The Balaban J connectivity index is 2.29. The molecule has 0 N–H and O–H groups in total. The molecule has 1 aromatic carbocycles. The number of halogens is 2. The maximum atomic E-state index is 11.3. The Morgan fingerprint density at radius 1 is 1.39 bits per heavy atom. The maximum Gasteiger partial charge on any atom is 0.397 e. The first-order valence-corrected chi connectivity index (χ1v) is 5.83. The van der Waals surface area contributed by atoms with E-state index in [1.54, 1.807) is 25.1 Å². The van der Waals surface area contributed by atoms with Crippen molar-refractivity contribution < 1.29 is 14.1 Å². The van der Waals surface area contributed by atoms with E-state index in [4.69, 9.17) is 32.5 Å². The zero-order chi connectivity index (χ0) is 13.1. The topological polar surface area (TPSA) is 65.2 Å². The van der Waals surface area contributed by atoms with Crippen LogP contribution in [0, 0.1) is 0 Å². The molecule has 0 spiro atoms. The molecule has 0 saturated carbocycles.